The lowest BCUT2D eigenvalue weighted by Crippen LogP contribution is -2.28. The smallest absolute Gasteiger partial charge is 0.0363 e. The van der Waals surface area contributed by atoms with Crippen molar-refractivity contribution in [2.45, 2.75) is 18.9 Å². The molecule has 0 spiro atoms. The molecule has 0 aliphatic carbocycles. The van der Waals surface area contributed by atoms with Gasteiger partial charge < -0.3 is 11.1 Å². The molecule has 0 heterocycles. The molecule has 2 radical (unpaired) electrons. The van der Waals surface area contributed by atoms with Crippen molar-refractivity contribution >= 4 is 0 Å². The SMILES string of the molecule is [CH2]CCC([CH]N)NC. The minimum atomic E-state index is 0.340. The summed E-state index contributed by atoms with van der Waals surface area (Å²) in [5.41, 5.74) is 5.25. The highest BCUT2D eigenvalue weighted by Gasteiger charge is 1.98. The van der Waals surface area contributed by atoms with Gasteiger partial charge in [0.2, 0.25) is 0 Å². The van der Waals surface area contributed by atoms with Crippen LogP contribution in [0.3, 0.4) is 0 Å². The van der Waals surface area contributed by atoms with E-state index in [2.05, 4.69) is 12.2 Å². The lowest BCUT2D eigenvalue weighted by atomic mass is 10.2. The highest BCUT2D eigenvalue weighted by molar-refractivity contribution is 4.75. The van der Waals surface area contributed by atoms with E-state index in [1.54, 1.807) is 6.54 Å². The molecule has 0 bridgehead atoms. The average Bonchev–Trinajstić information content (AvgIpc) is 1.83. The van der Waals surface area contributed by atoms with Crippen LogP contribution in [0.5, 0.6) is 0 Å². The molecule has 0 fully saturated rings. The fourth-order valence-corrected chi connectivity index (χ4v) is 0.557. The fraction of sp³-hybridized carbons (Fsp3) is 0.667. The number of rotatable bonds is 4. The van der Waals surface area contributed by atoms with Gasteiger partial charge >= 0.3 is 0 Å². The molecule has 0 aromatic carbocycles. The van der Waals surface area contributed by atoms with Crippen LogP contribution in [0.1, 0.15) is 12.8 Å². The maximum absolute atomic E-state index is 5.25. The van der Waals surface area contributed by atoms with Crippen LogP contribution >= 0.6 is 0 Å². The van der Waals surface area contributed by atoms with Crippen molar-refractivity contribution in [3.63, 3.8) is 0 Å². The Hall–Kier alpha value is -0.0800. The molecule has 48 valence electrons. The van der Waals surface area contributed by atoms with E-state index in [-0.39, 0.29) is 0 Å². The van der Waals surface area contributed by atoms with Crippen molar-refractivity contribution in [3.05, 3.63) is 13.5 Å². The summed E-state index contributed by atoms with van der Waals surface area (Å²) >= 11 is 0. The summed E-state index contributed by atoms with van der Waals surface area (Å²) < 4.78 is 0. The van der Waals surface area contributed by atoms with Crippen molar-refractivity contribution in [1.29, 1.82) is 0 Å². The normalized spacial score (nSPS) is 13.9. The quantitative estimate of drug-likeness (QED) is 0.552. The Morgan fingerprint density at radius 1 is 1.88 bits per heavy atom. The third-order valence-corrected chi connectivity index (χ3v) is 1.12. The van der Waals surface area contributed by atoms with Gasteiger partial charge in [-0.25, -0.2) is 0 Å². The van der Waals surface area contributed by atoms with E-state index in [4.69, 9.17) is 5.73 Å². The van der Waals surface area contributed by atoms with E-state index in [1.165, 1.54) is 0 Å². The van der Waals surface area contributed by atoms with Crippen LogP contribution in [0, 0.1) is 13.5 Å². The summed E-state index contributed by atoms with van der Waals surface area (Å²) in [7, 11) is 1.89. The van der Waals surface area contributed by atoms with Crippen LogP contribution in [-0.2, 0) is 0 Å². The van der Waals surface area contributed by atoms with Crippen LogP contribution < -0.4 is 11.1 Å². The second-order valence-corrected chi connectivity index (χ2v) is 1.73. The molecule has 0 aliphatic rings. The van der Waals surface area contributed by atoms with E-state index in [1.807, 2.05) is 7.05 Å². The first kappa shape index (κ1) is 7.92. The van der Waals surface area contributed by atoms with Gasteiger partial charge in [-0.3, -0.25) is 0 Å². The van der Waals surface area contributed by atoms with Gasteiger partial charge in [0, 0.05) is 12.6 Å². The second-order valence-electron chi connectivity index (χ2n) is 1.73. The van der Waals surface area contributed by atoms with Crippen LogP contribution in [0.4, 0.5) is 0 Å². The van der Waals surface area contributed by atoms with Crippen LogP contribution in [0.15, 0.2) is 0 Å². The molecular weight excluding hydrogens is 100 g/mol. The van der Waals surface area contributed by atoms with Gasteiger partial charge in [0.1, 0.15) is 0 Å². The van der Waals surface area contributed by atoms with Gasteiger partial charge in [0.15, 0.2) is 0 Å². The van der Waals surface area contributed by atoms with E-state index in [0.29, 0.717) is 6.04 Å². The van der Waals surface area contributed by atoms with E-state index in [9.17, 15) is 0 Å². The predicted octanol–water partition coefficient (Wildman–Crippen LogP) is 0.309. The minimum Gasteiger partial charge on any atom is -0.325 e. The number of hydrogen-bond acceptors (Lipinski definition) is 2. The molecule has 2 heteroatoms. The summed E-state index contributed by atoms with van der Waals surface area (Å²) in [5, 5.41) is 3.03. The minimum absolute atomic E-state index is 0.340. The van der Waals surface area contributed by atoms with Gasteiger partial charge in [-0.05, 0) is 13.5 Å². The molecular formula is C6H14N2. The van der Waals surface area contributed by atoms with Gasteiger partial charge in [-0.2, -0.15) is 0 Å². The van der Waals surface area contributed by atoms with Crippen LogP contribution in [0.2, 0.25) is 0 Å². The molecule has 0 aliphatic heterocycles. The van der Waals surface area contributed by atoms with Crippen molar-refractivity contribution < 1.29 is 0 Å². The summed E-state index contributed by atoms with van der Waals surface area (Å²) in [6.45, 7) is 5.36. The Morgan fingerprint density at radius 3 is 2.62 bits per heavy atom. The zero-order chi connectivity index (χ0) is 6.41. The molecule has 1 unspecified atom stereocenters. The molecule has 0 saturated carbocycles. The second kappa shape index (κ2) is 5.06. The summed E-state index contributed by atoms with van der Waals surface area (Å²) in [6, 6.07) is 0.340. The first-order chi connectivity index (χ1) is 3.85. The average molecular weight is 114 g/mol. The Morgan fingerprint density at radius 2 is 2.50 bits per heavy atom. The summed E-state index contributed by atoms with van der Waals surface area (Å²) in [5.74, 6) is 0. The Kier molecular flexibility index (Phi) is 5.01. The molecule has 0 rings (SSSR count). The maximum atomic E-state index is 5.25. The maximum Gasteiger partial charge on any atom is 0.0363 e. The van der Waals surface area contributed by atoms with Gasteiger partial charge in [-0.15, -0.1) is 0 Å². The Balaban J connectivity index is 3.07. The zero-order valence-electron chi connectivity index (χ0n) is 5.35. The first-order valence-electron chi connectivity index (χ1n) is 2.86. The van der Waals surface area contributed by atoms with Crippen molar-refractivity contribution in [2.75, 3.05) is 7.05 Å². The molecule has 3 N–H and O–H groups in total. The third-order valence-electron chi connectivity index (χ3n) is 1.12. The zero-order valence-corrected chi connectivity index (χ0v) is 5.35. The summed E-state index contributed by atoms with van der Waals surface area (Å²) in [6.07, 6.45) is 1.95. The standard InChI is InChI=1S/C6H14N2/c1-3-4-6(5-7)8-2/h5-6,8H,1,3-4,7H2,2H3. The summed E-state index contributed by atoms with van der Waals surface area (Å²) in [4.78, 5) is 0. The molecule has 2 nitrogen and oxygen atoms in total. The molecule has 1 atom stereocenters. The fourth-order valence-electron chi connectivity index (χ4n) is 0.557. The molecule has 0 aromatic heterocycles. The van der Waals surface area contributed by atoms with Gasteiger partial charge in [0.05, 0.1) is 0 Å². The van der Waals surface area contributed by atoms with E-state index >= 15 is 0 Å². The number of hydrogen-bond donors (Lipinski definition) is 2. The lowest BCUT2D eigenvalue weighted by molar-refractivity contribution is 0.581. The first-order valence-corrected chi connectivity index (χ1v) is 2.86. The van der Waals surface area contributed by atoms with E-state index in [0.717, 1.165) is 12.8 Å². The highest BCUT2D eigenvalue weighted by atomic mass is 14.9. The van der Waals surface area contributed by atoms with E-state index < -0.39 is 0 Å². The lowest BCUT2D eigenvalue weighted by Gasteiger charge is -2.09. The molecule has 0 saturated heterocycles. The molecule has 0 amide bonds. The van der Waals surface area contributed by atoms with Crippen molar-refractivity contribution in [1.82, 2.24) is 5.32 Å². The molecule has 0 aromatic rings. The van der Waals surface area contributed by atoms with Crippen molar-refractivity contribution in [3.8, 4) is 0 Å². The molecule has 8 heavy (non-hydrogen) atoms. The van der Waals surface area contributed by atoms with Crippen LogP contribution in [0.25, 0.3) is 0 Å². The number of nitrogens with two attached hydrogens (primary N) is 1. The van der Waals surface area contributed by atoms with Gasteiger partial charge in [-0.1, -0.05) is 13.3 Å². The third kappa shape index (κ3) is 2.99. The van der Waals surface area contributed by atoms with Crippen molar-refractivity contribution in [2.24, 2.45) is 5.73 Å². The topological polar surface area (TPSA) is 38.0 Å². The Bertz CT molecular complexity index is 41.8. The largest absolute Gasteiger partial charge is 0.325 e. The Labute approximate surface area is 51.5 Å². The van der Waals surface area contributed by atoms with Crippen LogP contribution in [-0.4, -0.2) is 13.1 Å². The van der Waals surface area contributed by atoms with Gasteiger partial charge in [0.25, 0.3) is 0 Å². The predicted molar refractivity (Wildman–Crippen MR) is 35.9 cm³/mol. The highest BCUT2D eigenvalue weighted by Crippen LogP contribution is 1.94. The number of likely N-dealkylation sites (N-methyl/N-ethyl adjacent to an activating group) is 1. The monoisotopic (exact) mass is 114 g/mol. The number of nitrogens with one attached hydrogen (secondary N) is 1.